The number of Topliss-reactive ketones (excluding diaryl/α,β-unsaturated/α-hetero) is 1. The van der Waals surface area contributed by atoms with Gasteiger partial charge in [0.25, 0.3) is 0 Å². The second-order valence-electron chi connectivity index (χ2n) is 21.1. The largest absolute Gasteiger partial charge is 0.481 e. The van der Waals surface area contributed by atoms with E-state index < -0.39 is 112 Å². The molecule has 0 spiro atoms. The summed E-state index contributed by atoms with van der Waals surface area (Å²) in [5.74, 6) is -5.09. The van der Waals surface area contributed by atoms with Gasteiger partial charge < -0.3 is 46.1 Å². The van der Waals surface area contributed by atoms with Crippen LogP contribution in [0.5, 0.6) is 0 Å². The molecule has 396 valence electrons. The van der Waals surface area contributed by atoms with Crippen LogP contribution in [0.1, 0.15) is 135 Å². The lowest BCUT2D eigenvalue weighted by molar-refractivity contribution is -0.231. The van der Waals surface area contributed by atoms with E-state index in [1.54, 1.807) is 25.1 Å². The number of aliphatic hydroxyl groups is 2. The van der Waals surface area contributed by atoms with Gasteiger partial charge in [0.05, 0.1) is 23.9 Å². The number of benzene rings is 2. The molecule has 0 bridgehead atoms. The number of hydrogen-bond donors (Lipinski definition) is 7. The van der Waals surface area contributed by atoms with Gasteiger partial charge in [0.1, 0.15) is 18.7 Å². The van der Waals surface area contributed by atoms with Crippen molar-refractivity contribution in [2.24, 2.45) is 22.7 Å². The number of carbonyl (C=O) groups is 7. The highest BCUT2D eigenvalue weighted by molar-refractivity contribution is 8.01. The predicted octanol–water partition coefficient (Wildman–Crippen LogP) is 6.14. The van der Waals surface area contributed by atoms with Gasteiger partial charge in [0, 0.05) is 52.1 Å². The molecular formula is C55H71FN4O12S. The van der Waals surface area contributed by atoms with Crippen LogP contribution in [-0.4, -0.2) is 116 Å². The zero-order chi connectivity index (χ0) is 53.2. The summed E-state index contributed by atoms with van der Waals surface area (Å²) >= 11 is 1.30. The second kappa shape index (κ2) is 22.3. The zero-order valence-corrected chi connectivity index (χ0v) is 43.5. The van der Waals surface area contributed by atoms with Crippen molar-refractivity contribution in [2.75, 3.05) is 18.5 Å². The van der Waals surface area contributed by atoms with E-state index in [1.165, 1.54) is 37.8 Å². The second-order valence-corrected chi connectivity index (χ2v) is 22.8. The van der Waals surface area contributed by atoms with Crippen LogP contribution in [0.25, 0.3) is 0 Å². The number of aliphatic carboxylic acids is 1. The molecule has 73 heavy (non-hydrogen) atoms. The number of amides is 4. The maximum Gasteiger partial charge on any atom is 0.305 e. The third kappa shape index (κ3) is 10.7. The molecule has 2 aromatic carbocycles. The zero-order valence-electron chi connectivity index (χ0n) is 42.7. The number of allylic oxidation sites excluding steroid dienone is 4. The van der Waals surface area contributed by atoms with Crippen LogP contribution in [-0.2, 0) is 43.0 Å². The first-order valence-corrected chi connectivity index (χ1v) is 26.5. The van der Waals surface area contributed by atoms with Crippen molar-refractivity contribution >= 4 is 58.6 Å². The normalized spacial score (nSPS) is 31.0. The molecule has 1 saturated heterocycles. The van der Waals surface area contributed by atoms with E-state index in [2.05, 4.69) is 28.2 Å². The summed E-state index contributed by atoms with van der Waals surface area (Å²) in [6.07, 6.45) is 4.56. The van der Waals surface area contributed by atoms with Gasteiger partial charge in [-0.25, -0.2) is 4.39 Å². The topological polar surface area (TPSA) is 247 Å². The lowest BCUT2D eigenvalue weighted by Gasteiger charge is -2.62. The molecule has 4 aliphatic carbocycles. The maximum absolute atomic E-state index is 17.8. The Morgan fingerprint density at radius 3 is 2.21 bits per heavy atom. The number of unbranched alkanes of at least 4 members (excludes halogenated alkanes) is 1. The Bertz CT molecular complexity index is 2510. The van der Waals surface area contributed by atoms with E-state index in [-0.39, 0.29) is 42.8 Å². The van der Waals surface area contributed by atoms with E-state index in [0.29, 0.717) is 36.1 Å². The lowest BCUT2D eigenvalue weighted by Crippen LogP contribution is -2.69. The van der Waals surface area contributed by atoms with Crippen molar-refractivity contribution in [3.8, 4) is 0 Å². The first-order valence-electron chi connectivity index (χ1n) is 25.6. The first kappa shape index (κ1) is 55.5. The van der Waals surface area contributed by atoms with Crippen LogP contribution < -0.4 is 21.3 Å². The van der Waals surface area contributed by atoms with Gasteiger partial charge in [0.2, 0.25) is 23.6 Å². The molecule has 7 N–H and O–H groups in total. The van der Waals surface area contributed by atoms with Gasteiger partial charge in [-0.3, -0.25) is 33.6 Å². The molecule has 14 atom stereocenters. The Kier molecular flexibility index (Phi) is 16.9. The molecule has 7 rings (SSSR count). The number of fused-ring (bicyclic) bond motifs is 7. The highest BCUT2D eigenvalue weighted by Gasteiger charge is 2.79. The Labute approximate surface area is 430 Å². The fourth-order valence-corrected chi connectivity index (χ4v) is 13.7. The summed E-state index contributed by atoms with van der Waals surface area (Å²) in [7, 11) is 0. The maximum atomic E-state index is 17.8. The lowest BCUT2D eigenvalue weighted by atomic mass is 9.44. The molecule has 0 aromatic heterocycles. The average molecular weight is 1030 g/mol. The highest BCUT2D eigenvalue weighted by atomic mass is 32.2. The third-order valence-electron chi connectivity index (χ3n) is 16.5. The minimum absolute atomic E-state index is 0.0462. The number of halogens is 1. The SMILES string of the molecule is CCCCC(C)SC(CC(=O)O)C(=O)NCCC(=O)N[C@@H](C)C(=O)N[C@@H](C)C(=O)Nc1ccc([C@H](C)c2ccc([C@@H]3O[C@@H]4CC5[C@@H]6CCC7=CC(=O)C=C[C@]7(C)[C@@]6(F)[C@@H](O)C[C@]5(C)[C@]4(C(=O)CO)O3)cc2)cc1. The molecule has 1 aliphatic heterocycles. The number of carbonyl (C=O) groups excluding carboxylic acids is 6. The quantitative estimate of drug-likeness (QED) is 0.0744. The number of anilines is 1. The van der Waals surface area contributed by atoms with Crippen LogP contribution in [0.4, 0.5) is 10.1 Å². The van der Waals surface area contributed by atoms with E-state index >= 15 is 4.39 Å². The van der Waals surface area contributed by atoms with Crippen LogP contribution in [0.15, 0.2) is 72.3 Å². The monoisotopic (exact) mass is 1030 g/mol. The molecule has 0 radical (unpaired) electrons. The molecule has 16 nitrogen and oxygen atoms in total. The smallest absolute Gasteiger partial charge is 0.305 e. The minimum atomic E-state index is -2.10. The van der Waals surface area contributed by atoms with E-state index in [9.17, 15) is 48.9 Å². The van der Waals surface area contributed by atoms with Gasteiger partial charge in [-0.2, -0.15) is 0 Å². The molecule has 18 heteroatoms. The van der Waals surface area contributed by atoms with Crippen molar-refractivity contribution in [2.45, 2.75) is 165 Å². The molecule has 3 saturated carbocycles. The average Bonchev–Trinajstić information content (AvgIpc) is 3.86. The number of ether oxygens (including phenoxy) is 2. The molecule has 1 heterocycles. The summed E-state index contributed by atoms with van der Waals surface area (Å²) in [4.78, 5) is 89.1. The molecular weight excluding hydrogens is 960 g/mol. The van der Waals surface area contributed by atoms with Crippen molar-refractivity contribution in [1.29, 1.82) is 0 Å². The standard InChI is InChI=1S/C55H71FN4O12S/c1-8-9-10-30(2)73-42(27-47(66)67)50(70)57-24-22-46(65)58-32(4)48(68)59-33(5)49(69)60-38-18-15-35(16-19-38)31(3)34-11-13-36(14-12-34)51-71-45-26-41-40-20-17-37-25-39(62)21-23-52(37,6)54(40,56)43(63)28-53(41,7)55(45,72-51)44(64)29-61/h11-16,18-19,21,23,25,30-33,40-43,45,51,61,63H,8-10,17,20,22,24,26-29H2,1-7H3,(H,57,70)(H,58,65)(H,59,68)(H,60,69)(H,66,67)/t30?,31-,32+,33+,40+,41?,42?,43+,45-,51-,52+,53+,54+,55-/m1/s1. The van der Waals surface area contributed by atoms with Crippen LogP contribution >= 0.6 is 11.8 Å². The number of thioether (sulfide) groups is 1. The molecule has 3 unspecified atom stereocenters. The Hall–Kier alpha value is -5.27. The predicted molar refractivity (Wildman–Crippen MR) is 272 cm³/mol. The van der Waals surface area contributed by atoms with Gasteiger partial charge in [-0.05, 0) is 94.2 Å². The number of alkyl halides is 1. The highest BCUT2D eigenvalue weighted by Crippen LogP contribution is 2.72. The number of rotatable bonds is 21. The Balaban J connectivity index is 0.899. The van der Waals surface area contributed by atoms with Crippen LogP contribution in [0.3, 0.4) is 0 Å². The molecule has 2 aromatic rings. The van der Waals surface area contributed by atoms with E-state index in [1.807, 2.05) is 57.2 Å². The summed E-state index contributed by atoms with van der Waals surface area (Å²) in [5.41, 5.74) is -2.31. The summed E-state index contributed by atoms with van der Waals surface area (Å²) in [6, 6.07) is 12.9. The van der Waals surface area contributed by atoms with Gasteiger partial charge >= 0.3 is 5.97 Å². The molecule has 4 fully saturated rings. The van der Waals surface area contributed by atoms with Crippen LogP contribution in [0.2, 0.25) is 0 Å². The number of nitrogens with one attached hydrogen (secondary N) is 4. The number of carboxylic acid groups (broad SMARTS) is 1. The van der Waals surface area contributed by atoms with Gasteiger partial charge in [-0.15, -0.1) is 11.8 Å². The Morgan fingerprint density at radius 1 is 0.904 bits per heavy atom. The van der Waals surface area contributed by atoms with Crippen LogP contribution in [0, 0.1) is 22.7 Å². The van der Waals surface area contributed by atoms with Crippen molar-refractivity contribution in [3.05, 3.63) is 89.0 Å². The van der Waals surface area contributed by atoms with Crippen molar-refractivity contribution < 1.29 is 62.7 Å². The van der Waals surface area contributed by atoms with E-state index in [4.69, 9.17) is 9.47 Å². The first-order chi connectivity index (χ1) is 34.5. The summed E-state index contributed by atoms with van der Waals surface area (Å²) in [6.45, 7) is 11.8. The van der Waals surface area contributed by atoms with E-state index in [0.717, 1.165) is 30.4 Å². The third-order valence-corrected chi connectivity index (χ3v) is 17.9. The minimum Gasteiger partial charge on any atom is -0.481 e. The Morgan fingerprint density at radius 2 is 1.56 bits per heavy atom. The van der Waals surface area contributed by atoms with Crippen molar-refractivity contribution in [3.63, 3.8) is 0 Å². The number of hydrogen-bond acceptors (Lipinski definition) is 12. The summed E-state index contributed by atoms with van der Waals surface area (Å²) < 4.78 is 31.1. The molecule has 5 aliphatic rings. The number of aliphatic hydroxyl groups excluding tert-OH is 2. The van der Waals surface area contributed by atoms with Gasteiger partial charge in [-0.1, -0.05) is 88.6 Å². The molecule has 4 amide bonds. The number of ketones is 2. The fraction of sp³-hybridized carbons (Fsp3) is 0.582. The number of carboxylic acids is 1. The van der Waals surface area contributed by atoms with Crippen molar-refractivity contribution in [1.82, 2.24) is 16.0 Å². The summed E-state index contributed by atoms with van der Waals surface area (Å²) in [5, 5.41) is 41.4. The van der Waals surface area contributed by atoms with Gasteiger partial charge in [0.15, 0.2) is 29.1 Å². The fourth-order valence-electron chi connectivity index (χ4n) is 12.4.